The SMILES string of the molecule is C/C=C\C(=C/C)CC(C(=O)N[C@@H](Cc1ccc(OCC(=O)O)c(C(=O)O)c1)C(=O)NCCCCC)N1CCCC1=O. The van der Waals surface area contributed by atoms with Gasteiger partial charge in [-0.15, -0.1) is 0 Å². The molecule has 0 aliphatic carbocycles. The lowest BCUT2D eigenvalue weighted by atomic mass is 9.99. The number of rotatable bonds is 17. The molecule has 1 saturated heterocycles. The van der Waals surface area contributed by atoms with Gasteiger partial charge in [-0.2, -0.15) is 0 Å². The van der Waals surface area contributed by atoms with Gasteiger partial charge in [0.25, 0.3) is 0 Å². The lowest BCUT2D eigenvalue weighted by Gasteiger charge is -2.29. The maximum atomic E-state index is 13.7. The van der Waals surface area contributed by atoms with Crippen LogP contribution in [-0.4, -0.2) is 76.6 Å². The number of carbonyl (C=O) groups is 5. The zero-order valence-electron chi connectivity index (χ0n) is 24.0. The highest BCUT2D eigenvalue weighted by molar-refractivity contribution is 5.93. The van der Waals surface area contributed by atoms with Crippen molar-refractivity contribution < 1.29 is 38.9 Å². The largest absolute Gasteiger partial charge is 0.481 e. The van der Waals surface area contributed by atoms with Crippen LogP contribution in [0, 0.1) is 0 Å². The second-order valence-electron chi connectivity index (χ2n) is 9.86. The van der Waals surface area contributed by atoms with Gasteiger partial charge < -0.3 is 30.5 Å². The number of allylic oxidation sites excluding steroid dienone is 3. The molecule has 1 unspecified atom stereocenters. The number of aromatic carboxylic acids is 1. The number of hydrogen-bond acceptors (Lipinski definition) is 6. The summed E-state index contributed by atoms with van der Waals surface area (Å²) in [6.07, 6.45) is 9.51. The third-order valence-corrected chi connectivity index (χ3v) is 6.75. The predicted octanol–water partition coefficient (Wildman–Crippen LogP) is 3.09. The van der Waals surface area contributed by atoms with Gasteiger partial charge in [-0.3, -0.25) is 14.4 Å². The number of carbonyl (C=O) groups excluding carboxylic acids is 3. The van der Waals surface area contributed by atoms with Crippen LogP contribution in [0.3, 0.4) is 0 Å². The van der Waals surface area contributed by atoms with Crippen LogP contribution in [0.15, 0.2) is 42.0 Å². The molecule has 0 radical (unpaired) electrons. The number of carboxylic acid groups (broad SMARTS) is 2. The summed E-state index contributed by atoms with van der Waals surface area (Å²) in [5.74, 6) is -3.73. The molecule has 0 saturated carbocycles. The summed E-state index contributed by atoms with van der Waals surface area (Å²) in [5.41, 5.74) is 1.04. The number of carboxylic acids is 2. The minimum atomic E-state index is -1.33. The van der Waals surface area contributed by atoms with Crippen LogP contribution in [0.1, 0.15) is 75.2 Å². The van der Waals surface area contributed by atoms with Crippen molar-refractivity contribution in [3.8, 4) is 5.75 Å². The number of hydrogen-bond donors (Lipinski definition) is 4. The van der Waals surface area contributed by atoms with Gasteiger partial charge in [0.1, 0.15) is 23.4 Å². The summed E-state index contributed by atoms with van der Waals surface area (Å²) in [4.78, 5) is 63.8. The molecule has 1 aliphatic rings. The van der Waals surface area contributed by atoms with E-state index >= 15 is 0 Å². The zero-order chi connectivity index (χ0) is 30.4. The van der Waals surface area contributed by atoms with E-state index in [1.54, 1.807) is 4.90 Å². The van der Waals surface area contributed by atoms with Gasteiger partial charge in [0.15, 0.2) is 6.61 Å². The Bertz CT molecular complexity index is 1160. The number of amides is 3. The van der Waals surface area contributed by atoms with Crippen LogP contribution < -0.4 is 15.4 Å². The van der Waals surface area contributed by atoms with Crippen LogP contribution >= 0.6 is 0 Å². The average Bonchev–Trinajstić information content (AvgIpc) is 3.36. The fraction of sp³-hybridized carbons (Fsp3) is 0.500. The molecule has 1 aromatic carbocycles. The topological polar surface area (TPSA) is 162 Å². The number of benzene rings is 1. The van der Waals surface area contributed by atoms with Crippen molar-refractivity contribution in [2.45, 2.75) is 77.8 Å². The molecule has 0 spiro atoms. The lowest BCUT2D eigenvalue weighted by Crippen LogP contribution is -2.55. The Kier molecular flexibility index (Phi) is 13.6. The van der Waals surface area contributed by atoms with Crippen LogP contribution in [0.5, 0.6) is 5.75 Å². The molecule has 4 N–H and O–H groups in total. The van der Waals surface area contributed by atoms with Crippen molar-refractivity contribution in [2.24, 2.45) is 0 Å². The quantitative estimate of drug-likeness (QED) is 0.164. The Balaban J connectivity index is 2.36. The molecule has 11 heteroatoms. The third-order valence-electron chi connectivity index (χ3n) is 6.75. The van der Waals surface area contributed by atoms with Crippen LogP contribution in [-0.2, 0) is 25.6 Å². The van der Waals surface area contributed by atoms with E-state index in [-0.39, 0.29) is 30.1 Å². The van der Waals surface area contributed by atoms with Crippen molar-refractivity contribution in [1.29, 1.82) is 0 Å². The van der Waals surface area contributed by atoms with E-state index < -0.39 is 42.4 Å². The third kappa shape index (κ3) is 10.4. The van der Waals surface area contributed by atoms with Crippen molar-refractivity contribution in [3.05, 3.63) is 53.1 Å². The minimum Gasteiger partial charge on any atom is -0.481 e. The highest BCUT2D eigenvalue weighted by Crippen LogP contribution is 2.23. The molecule has 41 heavy (non-hydrogen) atoms. The first kappa shape index (κ1) is 33.1. The first-order valence-electron chi connectivity index (χ1n) is 14.0. The normalized spacial score (nSPS) is 15.0. The maximum absolute atomic E-state index is 13.7. The number of likely N-dealkylation sites (tertiary alicyclic amines) is 1. The number of nitrogens with zero attached hydrogens (tertiary/aromatic N) is 1. The summed E-state index contributed by atoms with van der Waals surface area (Å²) in [6, 6.07) is 2.30. The molecular weight excluding hydrogens is 530 g/mol. The van der Waals surface area contributed by atoms with E-state index in [0.717, 1.165) is 24.8 Å². The Morgan fingerprint density at radius 2 is 1.88 bits per heavy atom. The second kappa shape index (κ2) is 16.8. The number of aliphatic carboxylic acids is 1. The van der Waals surface area contributed by atoms with Gasteiger partial charge in [-0.25, -0.2) is 9.59 Å². The van der Waals surface area contributed by atoms with Crippen molar-refractivity contribution in [3.63, 3.8) is 0 Å². The Hall–Kier alpha value is -4.15. The van der Waals surface area contributed by atoms with Gasteiger partial charge >= 0.3 is 11.9 Å². The smallest absolute Gasteiger partial charge is 0.341 e. The van der Waals surface area contributed by atoms with E-state index in [0.29, 0.717) is 31.5 Å². The van der Waals surface area contributed by atoms with E-state index in [2.05, 4.69) is 10.6 Å². The fourth-order valence-corrected chi connectivity index (χ4v) is 4.62. The van der Waals surface area contributed by atoms with Crippen LogP contribution in [0.2, 0.25) is 0 Å². The summed E-state index contributed by atoms with van der Waals surface area (Å²) >= 11 is 0. The highest BCUT2D eigenvalue weighted by atomic mass is 16.5. The monoisotopic (exact) mass is 571 g/mol. The highest BCUT2D eigenvalue weighted by Gasteiger charge is 2.35. The molecule has 1 aliphatic heterocycles. The molecule has 1 aromatic rings. The number of unbranched alkanes of at least 4 members (excludes halogenated alkanes) is 2. The molecule has 0 bridgehead atoms. The number of nitrogens with one attached hydrogen (secondary N) is 2. The maximum Gasteiger partial charge on any atom is 0.341 e. The van der Waals surface area contributed by atoms with Crippen LogP contribution in [0.25, 0.3) is 0 Å². The first-order chi connectivity index (χ1) is 19.6. The minimum absolute atomic E-state index is 0.0309. The summed E-state index contributed by atoms with van der Waals surface area (Å²) in [7, 11) is 0. The van der Waals surface area contributed by atoms with E-state index in [1.165, 1.54) is 18.2 Å². The molecule has 224 valence electrons. The molecule has 11 nitrogen and oxygen atoms in total. The van der Waals surface area contributed by atoms with Crippen LogP contribution in [0.4, 0.5) is 0 Å². The molecule has 1 heterocycles. The standard InChI is InChI=1S/C30H41N3O8/c1-4-7-8-14-31-28(37)23(17-21-12-13-25(41-19-27(35)36)22(16-21)30(39)40)32-29(38)24(18-20(6-3)10-5-2)33-15-9-11-26(33)34/h5-6,10,12-13,16,23-24H,4,7-9,11,14-15,17-19H2,1-3H3,(H,31,37)(H,32,38)(H,35,36)(H,39,40)/b10-5-,20-6+/t23-,24?/m0/s1. The van der Waals surface area contributed by atoms with E-state index in [1.807, 2.05) is 39.0 Å². The van der Waals surface area contributed by atoms with E-state index in [4.69, 9.17) is 9.84 Å². The Morgan fingerprint density at radius 3 is 2.46 bits per heavy atom. The van der Waals surface area contributed by atoms with Crippen molar-refractivity contribution in [1.82, 2.24) is 15.5 Å². The summed E-state index contributed by atoms with van der Waals surface area (Å²) in [5, 5.41) is 24.2. The average molecular weight is 572 g/mol. The summed E-state index contributed by atoms with van der Waals surface area (Å²) in [6.45, 7) is 5.91. The van der Waals surface area contributed by atoms with Gasteiger partial charge in [-0.1, -0.05) is 49.6 Å². The second-order valence-corrected chi connectivity index (χ2v) is 9.86. The van der Waals surface area contributed by atoms with Gasteiger partial charge in [0, 0.05) is 32.4 Å². The molecule has 2 atom stereocenters. The molecule has 0 aromatic heterocycles. The zero-order valence-corrected chi connectivity index (χ0v) is 24.0. The Morgan fingerprint density at radius 1 is 1.12 bits per heavy atom. The molecule has 3 amide bonds. The lowest BCUT2D eigenvalue weighted by molar-refractivity contribution is -0.139. The van der Waals surface area contributed by atoms with Crippen molar-refractivity contribution in [2.75, 3.05) is 19.7 Å². The molecule has 2 rings (SSSR count). The van der Waals surface area contributed by atoms with Gasteiger partial charge in [0.05, 0.1) is 0 Å². The fourth-order valence-electron chi connectivity index (χ4n) is 4.62. The van der Waals surface area contributed by atoms with E-state index in [9.17, 15) is 29.1 Å². The summed E-state index contributed by atoms with van der Waals surface area (Å²) < 4.78 is 5.10. The number of ether oxygens (including phenoxy) is 1. The molecule has 1 fully saturated rings. The molecular formula is C30H41N3O8. The van der Waals surface area contributed by atoms with Gasteiger partial charge in [0.2, 0.25) is 17.7 Å². The van der Waals surface area contributed by atoms with Gasteiger partial charge in [-0.05, 0) is 44.4 Å². The van der Waals surface area contributed by atoms with Crippen molar-refractivity contribution >= 4 is 29.7 Å². The Labute approximate surface area is 240 Å². The predicted molar refractivity (Wildman–Crippen MR) is 153 cm³/mol. The first-order valence-corrected chi connectivity index (χ1v) is 14.0.